The van der Waals surface area contributed by atoms with Crippen LogP contribution in [0.25, 0.3) is 16.3 Å². The normalized spacial score (nSPS) is 18.5. The Balaban J connectivity index is 0.00000210. The minimum atomic E-state index is -1.08. The molecule has 1 amide bonds. The summed E-state index contributed by atoms with van der Waals surface area (Å²) in [6, 6.07) is 7.61. The minimum Gasteiger partial charge on any atom is -0.411 e. The van der Waals surface area contributed by atoms with Gasteiger partial charge in [-0.15, -0.1) is 0 Å². The number of amides is 1. The number of halogens is 1. The molecule has 7 heteroatoms. The van der Waals surface area contributed by atoms with Crippen LogP contribution in [-0.2, 0) is 4.79 Å². The molecule has 0 aliphatic heterocycles. The Morgan fingerprint density at radius 3 is 2.49 bits per heavy atom. The van der Waals surface area contributed by atoms with E-state index in [-0.39, 0.29) is 12.3 Å². The number of aromatic nitrogens is 1. The van der Waals surface area contributed by atoms with Crippen molar-refractivity contribution in [3.8, 4) is 6.07 Å². The summed E-state index contributed by atoms with van der Waals surface area (Å²) in [5.74, 6) is -0.641. The number of hydrogen-bond donors (Lipinski definition) is 2. The first kappa shape index (κ1) is 27.5. The SMILES string of the molecule is C/C=C(\C=C(C)/C(=C\C)c1cc2cnc(NC(=O)C3CC3F)cc2cc1C#N)C(/CC)=N\O.CC. The lowest BCUT2D eigenvalue weighted by Crippen LogP contribution is -2.15. The monoisotopic (exact) mass is 476 g/mol. The number of carbonyl (C=O) groups is 1. The summed E-state index contributed by atoms with van der Waals surface area (Å²) < 4.78 is 13.1. The molecule has 35 heavy (non-hydrogen) atoms. The Labute approximate surface area is 206 Å². The number of nitrogens with one attached hydrogen (secondary N) is 1. The van der Waals surface area contributed by atoms with Gasteiger partial charge in [-0.05, 0) is 80.0 Å². The van der Waals surface area contributed by atoms with E-state index in [1.54, 1.807) is 18.3 Å². The van der Waals surface area contributed by atoms with E-state index in [4.69, 9.17) is 0 Å². The van der Waals surface area contributed by atoms with Crippen LogP contribution < -0.4 is 5.32 Å². The van der Waals surface area contributed by atoms with E-state index in [9.17, 15) is 19.7 Å². The maximum atomic E-state index is 13.1. The van der Waals surface area contributed by atoms with Crippen LogP contribution in [0, 0.1) is 17.2 Å². The highest BCUT2D eigenvalue weighted by atomic mass is 19.1. The molecule has 2 N–H and O–H groups in total. The van der Waals surface area contributed by atoms with Gasteiger partial charge in [0.2, 0.25) is 5.91 Å². The first-order valence-electron chi connectivity index (χ1n) is 11.9. The molecule has 1 aliphatic rings. The second-order valence-corrected chi connectivity index (χ2v) is 7.95. The topological polar surface area (TPSA) is 98.4 Å². The maximum Gasteiger partial charge on any atom is 0.231 e. The predicted octanol–water partition coefficient (Wildman–Crippen LogP) is 6.97. The summed E-state index contributed by atoms with van der Waals surface area (Å²) >= 11 is 0. The smallest absolute Gasteiger partial charge is 0.231 e. The Hall–Kier alpha value is -3.79. The Kier molecular flexibility index (Phi) is 9.89. The number of nitriles is 1. The number of oxime groups is 1. The number of rotatable bonds is 7. The molecule has 2 unspecified atom stereocenters. The summed E-state index contributed by atoms with van der Waals surface area (Å²) in [5.41, 5.74) is 4.41. The zero-order valence-corrected chi connectivity index (χ0v) is 21.2. The van der Waals surface area contributed by atoms with Crippen molar-refractivity contribution in [1.29, 1.82) is 5.26 Å². The molecular weight excluding hydrogens is 443 g/mol. The van der Waals surface area contributed by atoms with Crippen molar-refractivity contribution in [3.63, 3.8) is 0 Å². The average molecular weight is 477 g/mol. The largest absolute Gasteiger partial charge is 0.411 e. The third-order valence-corrected chi connectivity index (χ3v) is 5.75. The molecule has 6 nitrogen and oxygen atoms in total. The fraction of sp³-hybridized carbons (Fsp3) is 0.357. The fourth-order valence-electron chi connectivity index (χ4n) is 3.80. The highest BCUT2D eigenvalue weighted by molar-refractivity contribution is 6.03. The predicted molar refractivity (Wildman–Crippen MR) is 140 cm³/mol. The summed E-state index contributed by atoms with van der Waals surface area (Å²) in [5, 5.41) is 26.7. The van der Waals surface area contributed by atoms with Crippen LogP contribution in [0.1, 0.15) is 65.5 Å². The van der Waals surface area contributed by atoms with Gasteiger partial charge >= 0.3 is 0 Å². The molecule has 2 atom stereocenters. The number of benzene rings is 1. The zero-order valence-electron chi connectivity index (χ0n) is 21.2. The van der Waals surface area contributed by atoms with Crippen LogP contribution in [0.4, 0.5) is 10.2 Å². The first-order valence-corrected chi connectivity index (χ1v) is 11.9. The number of carbonyl (C=O) groups excluding carboxylic acids is 1. The summed E-state index contributed by atoms with van der Waals surface area (Å²) in [7, 11) is 0. The van der Waals surface area contributed by atoms with Gasteiger partial charge in [-0.2, -0.15) is 5.26 Å². The van der Waals surface area contributed by atoms with Gasteiger partial charge in [-0.25, -0.2) is 9.37 Å². The molecule has 1 fully saturated rings. The van der Waals surface area contributed by atoms with Gasteiger partial charge < -0.3 is 10.5 Å². The lowest BCUT2D eigenvalue weighted by Gasteiger charge is -2.14. The van der Waals surface area contributed by atoms with Crippen LogP contribution in [0.2, 0.25) is 0 Å². The zero-order chi connectivity index (χ0) is 26.1. The van der Waals surface area contributed by atoms with E-state index in [0.717, 1.165) is 33.1 Å². The van der Waals surface area contributed by atoms with Gasteiger partial charge in [0.15, 0.2) is 0 Å². The first-order chi connectivity index (χ1) is 16.9. The highest BCUT2D eigenvalue weighted by Crippen LogP contribution is 2.35. The quantitative estimate of drug-likeness (QED) is 0.195. The molecule has 1 aliphatic carbocycles. The molecule has 0 bridgehead atoms. The number of fused-ring (bicyclic) bond motifs is 1. The molecule has 1 aromatic heterocycles. The third kappa shape index (κ3) is 6.42. The van der Waals surface area contributed by atoms with Crippen molar-refractivity contribution in [1.82, 2.24) is 4.98 Å². The van der Waals surface area contributed by atoms with Crippen molar-refractivity contribution >= 4 is 33.8 Å². The molecule has 2 aromatic rings. The Bertz CT molecular complexity index is 1250. The van der Waals surface area contributed by atoms with Crippen LogP contribution >= 0.6 is 0 Å². The lowest BCUT2D eigenvalue weighted by atomic mass is 9.91. The molecule has 0 spiro atoms. The van der Waals surface area contributed by atoms with E-state index in [0.29, 0.717) is 23.5 Å². The molecule has 1 aromatic carbocycles. The third-order valence-electron chi connectivity index (χ3n) is 5.75. The molecule has 3 rings (SSSR count). The van der Waals surface area contributed by atoms with Crippen molar-refractivity contribution in [2.75, 3.05) is 5.32 Å². The van der Waals surface area contributed by atoms with E-state index in [1.807, 2.05) is 65.8 Å². The lowest BCUT2D eigenvalue weighted by molar-refractivity contribution is -0.117. The fourth-order valence-corrected chi connectivity index (χ4v) is 3.80. The van der Waals surface area contributed by atoms with Crippen LogP contribution in [0.15, 0.2) is 58.9 Å². The van der Waals surface area contributed by atoms with Gasteiger partial charge in [0.05, 0.1) is 23.3 Å². The van der Waals surface area contributed by atoms with E-state index < -0.39 is 12.1 Å². The van der Waals surface area contributed by atoms with Crippen molar-refractivity contribution < 1.29 is 14.4 Å². The molecule has 1 heterocycles. The minimum absolute atomic E-state index is 0.249. The number of alkyl halides is 1. The van der Waals surface area contributed by atoms with E-state index in [1.165, 1.54) is 0 Å². The molecule has 1 saturated carbocycles. The average Bonchev–Trinajstić information content (AvgIpc) is 3.62. The van der Waals surface area contributed by atoms with Crippen LogP contribution in [0.5, 0.6) is 0 Å². The highest BCUT2D eigenvalue weighted by Gasteiger charge is 2.43. The van der Waals surface area contributed by atoms with Gasteiger partial charge in [0.1, 0.15) is 12.0 Å². The van der Waals surface area contributed by atoms with Crippen LogP contribution in [0.3, 0.4) is 0 Å². The number of pyridine rings is 1. The van der Waals surface area contributed by atoms with E-state index >= 15 is 0 Å². The molecular formula is C28H33FN4O2. The second kappa shape index (κ2) is 12.6. The summed E-state index contributed by atoms with van der Waals surface area (Å²) in [4.78, 5) is 16.3. The molecule has 0 saturated heterocycles. The standard InChI is InChI=1S/C26H27FN4O2.C2H6/c1-5-16(24(7-3)31-33)8-15(4)20(6-2)21-10-19-14-29-25(11-17(19)9-18(21)13-28)30-26(32)22-12-23(22)27;1-2/h5-6,8-11,14,22-23,33H,7,12H2,1-4H3,(H,29,30,32);1-2H3/b15-8-,16-5+,20-6+,31-24-;. The van der Waals surface area contributed by atoms with Crippen LogP contribution in [-0.4, -0.2) is 28.0 Å². The Morgan fingerprint density at radius 1 is 1.29 bits per heavy atom. The number of nitrogens with zero attached hydrogens (tertiary/aromatic N) is 3. The maximum absolute atomic E-state index is 13.1. The van der Waals surface area contributed by atoms with Gasteiger partial charge in [0, 0.05) is 17.1 Å². The van der Waals surface area contributed by atoms with Gasteiger partial charge in [0.25, 0.3) is 0 Å². The molecule has 184 valence electrons. The summed E-state index contributed by atoms with van der Waals surface area (Å²) in [6.45, 7) is 11.6. The second-order valence-electron chi connectivity index (χ2n) is 7.95. The van der Waals surface area contributed by atoms with Gasteiger partial charge in [-0.1, -0.05) is 38.1 Å². The number of allylic oxidation sites excluding steroid dienone is 6. The van der Waals surface area contributed by atoms with Crippen molar-refractivity contribution in [2.24, 2.45) is 11.1 Å². The van der Waals surface area contributed by atoms with E-state index in [2.05, 4.69) is 21.5 Å². The molecule has 0 radical (unpaired) electrons. The summed E-state index contributed by atoms with van der Waals surface area (Å²) in [6.07, 6.45) is 7.15. The number of anilines is 1. The van der Waals surface area contributed by atoms with Crippen molar-refractivity contribution in [2.45, 2.75) is 60.6 Å². The van der Waals surface area contributed by atoms with Gasteiger partial charge in [-0.3, -0.25) is 4.79 Å². The number of hydrogen-bond acceptors (Lipinski definition) is 5. The Morgan fingerprint density at radius 2 is 1.97 bits per heavy atom. The van der Waals surface area contributed by atoms with Crippen molar-refractivity contribution in [3.05, 3.63) is 64.9 Å².